The van der Waals surface area contributed by atoms with E-state index in [1.54, 1.807) is 4.31 Å². The van der Waals surface area contributed by atoms with Crippen molar-refractivity contribution >= 4 is 10.0 Å². The molecule has 0 aliphatic heterocycles. The molecule has 120 valence electrons. The second kappa shape index (κ2) is 12.6. The Labute approximate surface area is 129 Å². The third-order valence-corrected chi connectivity index (χ3v) is 5.25. The molecule has 0 saturated heterocycles. The van der Waals surface area contributed by atoms with E-state index in [9.17, 15) is 8.42 Å². The zero-order chi connectivity index (χ0) is 16.0. The lowest BCUT2D eigenvalue weighted by atomic mass is 10.2. The first kappa shape index (κ1) is 19.9. The third-order valence-electron chi connectivity index (χ3n) is 3.29. The van der Waals surface area contributed by atoms with Crippen molar-refractivity contribution in [2.75, 3.05) is 18.8 Å². The molecule has 0 radical (unpaired) electrons. The molecule has 0 amide bonds. The lowest BCUT2D eigenvalue weighted by molar-refractivity contribution is 0.390. The van der Waals surface area contributed by atoms with Gasteiger partial charge in [-0.15, -0.1) is 0 Å². The number of nitrogens with zero attached hydrogens (tertiary/aromatic N) is 3. The van der Waals surface area contributed by atoms with Crippen LogP contribution in [0.5, 0.6) is 0 Å². The van der Waals surface area contributed by atoms with Gasteiger partial charge in [-0.2, -0.15) is 10.5 Å². The Morgan fingerprint density at radius 2 is 1.38 bits per heavy atom. The summed E-state index contributed by atoms with van der Waals surface area (Å²) in [5.74, 6) is 0.206. The summed E-state index contributed by atoms with van der Waals surface area (Å²) in [6, 6.07) is 4.16. The van der Waals surface area contributed by atoms with E-state index in [1.165, 1.54) is 0 Å². The third kappa shape index (κ3) is 10.3. The lowest BCUT2D eigenvalue weighted by Crippen LogP contribution is -2.34. The van der Waals surface area contributed by atoms with Crippen molar-refractivity contribution in [2.45, 2.75) is 64.7 Å². The Morgan fingerprint density at radius 1 is 0.857 bits per heavy atom. The number of nitriles is 2. The second-order valence-corrected chi connectivity index (χ2v) is 7.24. The van der Waals surface area contributed by atoms with Crippen LogP contribution in [0.1, 0.15) is 64.7 Å². The highest BCUT2D eigenvalue weighted by Gasteiger charge is 2.20. The molecule has 0 rings (SSSR count). The van der Waals surface area contributed by atoms with Crippen LogP contribution in [-0.2, 0) is 10.0 Å². The van der Waals surface area contributed by atoms with E-state index in [2.05, 4.69) is 12.1 Å². The molecule has 0 N–H and O–H groups in total. The predicted octanol–water partition coefficient (Wildman–Crippen LogP) is 3.20. The summed E-state index contributed by atoms with van der Waals surface area (Å²) >= 11 is 0. The highest BCUT2D eigenvalue weighted by Crippen LogP contribution is 2.11. The molecule has 21 heavy (non-hydrogen) atoms. The SMILES string of the molecule is CCCCCS(=O)(=O)N(CCCCC#N)CCCCC#N. The smallest absolute Gasteiger partial charge is 0.212 e. The lowest BCUT2D eigenvalue weighted by Gasteiger charge is -2.22. The van der Waals surface area contributed by atoms with Gasteiger partial charge in [-0.25, -0.2) is 12.7 Å². The zero-order valence-electron chi connectivity index (χ0n) is 13.1. The molecule has 0 aliphatic carbocycles. The average Bonchev–Trinajstić information content (AvgIpc) is 2.45. The standard InChI is InChI=1S/C15H27N3O2S/c1-2-3-10-15-21(19,20)18(13-8-4-6-11-16)14-9-5-7-12-17/h2-10,13-15H2,1H3. The van der Waals surface area contributed by atoms with E-state index in [-0.39, 0.29) is 5.75 Å². The molecule has 0 atom stereocenters. The van der Waals surface area contributed by atoms with E-state index in [1.807, 2.05) is 6.92 Å². The summed E-state index contributed by atoms with van der Waals surface area (Å²) < 4.78 is 26.2. The Balaban J connectivity index is 4.39. The molecule has 0 aliphatic rings. The van der Waals surface area contributed by atoms with Gasteiger partial charge < -0.3 is 0 Å². The number of sulfonamides is 1. The van der Waals surface area contributed by atoms with Crippen molar-refractivity contribution in [3.63, 3.8) is 0 Å². The summed E-state index contributed by atoms with van der Waals surface area (Å²) in [5, 5.41) is 17.0. The van der Waals surface area contributed by atoms with Gasteiger partial charge in [-0.05, 0) is 32.1 Å². The first-order valence-electron chi connectivity index (χ1n) is 7.80. The van der Waals surface area contributed by atoms with E-state index < -0.39 is 10.0 Å². The van der Waals surface area contributed by atoms with Crippen molar-refractivity contribution in [1.82, 2.24) is 4.31 Å². The topological polar surface area (TPSA) is 85.0 Å². The van der Waals surface area contributed by atoms with Gasteiger partial charge in [0.05, 0.1) is 17.9 Å². The Kier molecular flexibility index (Phi) is 12.0. The zero-order valence-corrected chi connectivity index (χ0v) is 13.9. The summed E-state index contributed by atoms with van der Waals surface area (Å²) in [6.07, 6.45) is 6.47. The minimum absolute atomic E-state index is 0.206. The quantitative estimate of drug-likeness (QED) is 0.489. The molecule has 0 aromatic carbocycles. The largest absolute Gasteiger partial charge is 0.214 e. The van der Waals surface area contributed by atoms with Gasteiger partial charge in [0.15, 0.2) is 0 Å². The Hall–Kier alpha value is -1.11. The summed E-state index contributed by atoms with van der Waals surface area (Å²) in [5.41, 5.74) is 0. The maximum absolute atomic E-state index is 12.3. The van der Waals surface area contributed by atoms with Crippen molar-refractivity contribution < 1.29 is 8.42 Å². The van der Waals surface area contributed by atoms with Crippen LogP contribution < -0.4 is 0 Å². The van der Waals surface area contributed by atoms with Gasteiger partial charge in [0.25, 0.3) is 0 Å². The van der Waals surface area contributed by atoms with Gasteiger partial charge >= 0.3 is 0 Å². The van der Waals surface area contributed by atoms with Crippen LogP contribution in [0.2, 0.25) is 0 Å². The van der Waals surface area contributed by atoms with Crippen molar-refractivity contribution in [3.8, 4) is 12.1 Å². The molecule has 0 spiro atoms. The highest BCUT2D eigenvalue weighted by molar-refractivity contribution is 7.89. The second-order valence-electron chi connectivity index (χ2n) is 5.15. The molecule has 0 aromatic rings. The Bertz CT molecular complexity index is 413. The van der Waals surface area contributed by atoms with Crippen LogP contribution in [0.15, 0.2) is 0 Å². The highest BCUT2D eigenvalue weighted by atomic mass is 32.2. The molecule has 0 saturated carbocycles. The summed E-state index contributed by atoms with van der Waals surface area (Å²) in [7, 11) is -3.20. The fourth-order valence-electron chi connectivity index (χ4n) is 2.04. The van der Waals surface area contributed by atoms with Gasteiger partial charge in [-0.1, -0.05) is 19.8 Å². The minimum Gasteiger partial charge on any atom is -0.212 e. The van der Waals surface area contributed by atoms with Crippen LogP contribution in [0.4, 0.5) is 0 Å². The van der Waals surface area contributed by atoms with Crippen LogP contribution in [0.3, 0.4) is 0 Å². The fourth-order valence-corrected chi connectivity index (χ4v) is 3.68. The van der Waals surface area contributed by atoms with Gasteiger partial charge in [0, 0.05) is 25.9 Å². The summed E-state index contributed by atoms with van der Waals surface area (Å²) in [4.78, 5) is 0. The molecule has 5 nitrogen and oxygen atoms in total. The molecule has 0 heterocycles. The van der Waals surface area contributed by atoms with Crippen molar-refractivity contribution in [3.05, 3.63) is 0 Å². The van der Waals surface area contributed by atoms with Gasteiger partial charge in [-0.3, -0.25) is 0 Å². The van der Waals surface area contributed by atoms with Crippen LogP contribution in [0.25, 0.3) is 0 Å². The molecular weight excluding hydrogens is 286 g/mol. The first-order chi connectivity index (χ1) is 10.1. The maximum atomic E-state index is 12.3. The average molecular weight is 313 g/mol. The van der Waals surface area contributed by atoms with Crippen LogP contribution in [0, 0.1) is 22.7 Å². The minimum atomic E-state index is -3.20. The van der Waals surface area contributed by atoms with E-state index >= 15 is 0 Å². The normalized spacial score (nSPS) is 11.2. The number of unbranched alkanes of at least 4 members (excludes halogenated alkanes) is 6. The number of hydrogen-bond acceptors (Lipinski definition) is 4. The predicted molar refractivity (Wildman–Crippen MR) is 83.8 cm³/mol. The van der Waals surface area contributed by atoms with Crippen LogP contribution >= 0.6 is 0 Å². The van der Waals surface area contributed by atoms with E-state index in [4.69, 9.17) is 10.5 Å². The molecular formula is C15H27N3O2S. The fraction of sp³-hybridized carbons (Fsp3) is 0.867. The molecule has 0 unspecified atom stereocenters. The van der Waals surface area contributed by atoms with Crippen LogP contribution in [-0.4, -0.2) is 31.6 Å². The molecule has 6 heteroatoms. The summed E-state index contributed by atoms with van der Waals surface area (Å²) in [6.45, 7) is 3.03. The van der Waals surface area contributed by atoms with E-state index in [0.717, 1.165) is 38.5 Å². The van der Waals surface area contributed by atoms with Crippen molar-refractivity contribution in [2.24, 2.45) is 0 Å². The number of rotatable bonds is 13. The van der Waals surface area contributed by atoms with E-state index in [0.29, 0.717) is 32.4 Å². The Morgan fingerprint density at radius 3 is 1.81 bits per heavy atom. The van der Waals surface area contributed by atoms with Crippen molar-refractivity contribution in [1.29, 1.82) is 10.5 Å². The molecule has 0 fully saturated rings. The molecule has 0 aromatic heterocycles. The monoisotopic (exact) mass is 313 g/mol. The van der Waals surface area contributed by atoms with Gasteiger partial charge in [0.2, 0.25) is 10.0 Å². The first-order valence-corrected chi connectivity index (χ1v) is 9.41. The molecule has 0 bridgehead atoms. The van der Waals surface area contributed by atoms with Gasteiger partial charge in [0.1, 0.15) is 0 Å². The number of hydrogen-bond donors (Lipinski definition) is 0. The maximum Gasteiger partial charge on any atom is 0.214 e.